The average Bonchev–Trinajstić information content (AvgIpc) is 2.60. The van der Waals surface area contributed by atoms with Crippen LogP contribution in [0.1, 0.15) is 34.4 Å². The molecule has 3 aromatic carbocycles. The first-order chi connectivity index (χ1) is 12.0. The van der Waals surface area contributed by atoms with Crippen LogP contribution in [0.15, 0.2) is 66.7 Å². The molecule has 2 unspecified atom stereocenters. The van der Waals surface area contributed by atoms with Crippen molar-refractivity contribution in [2.75, 3.05) is 0 Å². The van der Waals surface area contributed by atoms with E-state index in [1.165, 1.54) is 27.6 Å². The van der Waals surface area contributed by atoms with Crippen LogP contribution in [0.2, 0.25) is 0 Å². The number of hydrogen-bond acceptors (Lipinski definition) is 2. The largest absolute Gasteiger partial charge is 0.507 e. The van der Waals surface area contributed by atoms with Gasteiger partial charge in [0, 0.05) is 10.6 Å². The molecule has 0 fully saturated rings. The summed E-state index contributed by atoms with van der Waals surface area (Å²) in [4.78, 5) is 0. The summed E-state index contributed by atoms with van der Waals surface area (Å²) in [5.74, 6) is 0.369. The van der Waals surface area contributed by atoms with Gasteiger partial charge in [0.05, 0.1) is 0 Å². The van der Waals surface area contributed by atoms with E-state index in [9.17, 15) is 5.11 Å². The van der Waals surface area contributed by atoms with Crippen molar-refractivity contribution in [1.29, 1.82) is 0 Å². The third-order valence-electron chi connectivity index (χ3n) is 4.24. The number of aromatic hydroxyl groups is 1. The smallest absolute Gasteiger partial charge is 0.123 e. The first-order valence-electron chi connectivity index (χ1n) is 8.44. The van der Waals surface area contributed by atoms with E-state index in [4.69, 9.17) is 0 Å². The molecule has 1 nitrogen and oxygen atoms in total. The second kappa shape index (κ2) is 8.08. The van der Waals surface area contributed by atoms with Gasteiger partial charge in [0.15, 0.2) is 0 Å². The zero-order valence-electron chi connectivity index (χ0n) is 14.5. The standard InChI is InChI=1S/C22H23OPS/c1-15-8-11-21(19(12-15)16(2)25)24-22-14-18(9-10-20(22)23)13-17-6-4-3-5-7-17/h3-12,14,16,23-25H,13H2,1-2H3. The number of rotatable bonds is 5. The molecule has 0 radical (unpaired) electrons. The number of phenolic OH excluding ortho intramolecular Hbond substituents is 1. The van der Waals surface area contributed by atoms with E-state index in [0.29, 0.717) is 14.3 Å². The van der Waals surface area contributed by atoms with Crippen molar-refractivity contribution >= 4 is 31.8 Å². The summed E-state index contributed by atoms with van der Waals surface area (Å²) in [6.07, 6.45) is 0.877. The summed E-state index contributed by atoms with van der Waals surface area (Å²) >= 11 is 4.63. The van der Waals surface area contributed by atoms with E-state index in [1.807, 2.05) is 18.2 Å². The van der Waals surface area contributed by atoms with E-state index >= 15 is 0 Å². The predicted octanol–water partition coefficient (Wildman–Crippen LogP) is 4.91. The van der Waals surface area contributed by atoms with Crippen molar-refractivity contribution in [3.8, 4) is 5.75 Å². The first-order valence-corrected chi connectivity index (χ1v) is 9.96. The van der Waals surface area contributed by atoms with Gasteiger partial charge in [-0.3, -0.25) is 0 Å². The van der Waals surface area contributed by atoms with Crippen LogP contribution >= 0.6 is 21.2 Å². The zero-order valence-corrected chi connectivity index (χ0v) is 16.4. The minimum absolute atomic E-state index is 0.178. The average molecular weight is 366 g/mol. The minimum atomic E-state index is 0.178. The minimum Gasteiger partial charge on any atom is -0.507 e. The van der Waals surface area contributed by atoms with Crippen molar-refractivity contribution in [2.45, 2.75) is 25.5 Å². The molecule has 25 heavy (non-hydrogen) atoms. The van der Waals surface area contributed by atoms with Crippen LogP contribution in [0.4, 0.5) is 0 Å². The number of benzene rings is 3. The highest BCUT2D eigenvalue weighted by atomic mass is 32.1. The summed E-state index contributed by atoms with van der Waals surface area (Å²) in [5.41, 5.74) is 4.99. The van der Waals surface area contributed by atoms with Gasteiger partial charge >= 0.3 is 0 Å². The van der Waals surface area contributed by atoms with Gasteiger partial charge in [0.25, 0.3) is 0 Å². The van der Waals surface area contributed by atoms with Crippen molar-refractivity contribution in [3.63, 3.8) is 0 Å². The molecule has 0 amide bonds. The normalized spacial score (nSPS) is 12.6. The van der Waals surface area contributed by atoms with Crippen LogP contribution in [0.25, 0.3) is 0 Å². The third kappa shape index (κ3) is 4.66. The van der Waals surface area contributed by atoms with Crippen LogP contribution in [0.3, 0.4) is 0 Å². The zero-order chi connectivity index (χ0) is 17.8. The predicted molar refractivity (Wildman–Crippen MR) is 114 cm³/mol. The molecule has 0 saturated heterocycles. The van der Waals surface area contributed by atoms with Crippen molar-refractivity contribution in [2.24, 2.45) is 0 Å². The van der Waals surface area contributed by atoms with Gasteiger partial charge in [-0.05, 0) is 54.4 Å². The van der Waals surface area contributed by atoms with E-state index in [-0.39, 0.29) is 5.25 Å². The van der Waals surface area contributed by atoms with Crippen molar-refractivity contribution in [1.82, 2.24) is 0 Å². The fourth-order valence-corrected chi connectivity index (χ4v) is 4.61. The molecule has 0 aromatic heterocycles. The monoisotopic (exact) mass is 366 g/mol. The molecule has 128 valence electrons. The Morgan fingerprint density at radius 3 is 2.40 bits per heavy atom. The van der Waals surface area contributed by atoms with E-state index in [0.717, 1.165) is 11.7 Å². The SMILES string of the molecule is Cc1ccc(Pc2cc(Cc3ccccc3)ccc2O)c(C(C)S)c1. The molecule has 0 saturated carbocycles. The van der Waals surface area contributed by atoms with Crippen LogP contribution in [-0.4, -0.2) is 5.11 Å². The number of thiol groups is 1. The highest BCUT2D eigenvalue weighted by Gasteiger charge is 2.11. The van der Waals surface area contributed by atoms with Crippen molar-refractivity contribution in [3.05, 3.63) is 89.0 Å². The lowest BCUT2D eigenvalue weighted by Gasteiger charge is -2.15. The molecule has 0 aliphatic heterocycles. The number of phenols is 1. The van der Waals surface area contributed by atoms with Crippen LogP contribution in [0, 0.1) is 6.92 Å². The fraction of sp³-hybridized carbons (Fsp3) is 0.182. The quantitative estimate of drug-likeness (QED) is 0.485. The summed E-state index contributed by atoms with van der Waals surface area (Å²) in [5, 5.41) is 12.8. The van der Waals surface area contributed by atoms with Crippen molar-refractivity contribution < 1.29 is 5.11 Å². The van der Waals surface area contributed by atoms with E-state index in [2.05, 4.69) is 75.0 Å². The second-order valence-corrected chi connectivity index (χ2v) is 8.51. The molecule has 3 aromatic rings. The van der Waals surface area contributed by atoms with Gasteiger partial charge in [-0.25, -0.2) is 0 Å². The van der Waals surface area contributed by atoms with Crippen LogP contribution in [-0.2, 0) is 6.42 Å². The molecule has 2 atom stereocenters. The lowest BCUT2D eigenvalue weighted by Crippen LogP contribution is -2.11. The molecule has 0 aliphatic carbocycles. The Morgan fingerprint density at radius 1 is 0.920 bits per heavy atom. The highest BCUT2D eigenvalue weighted by Crippen LogP contribution is 2.27. The molecule has 0 spiro atoms. The number of aryl methyl sites for hydroxylation is 1. The van der Waals surface area contributed by atoms with Crippen LogP contribution in [0.5, 0.6) is 5.75 Å². The van der Waals surface area contributed by atoms with Gasteiger partial charge in [-0.15, -0.1) is 0 Å². The maximum absolute atomic E-state index is 10.3. The second-order valence-electron chi connectivity index (χ2n) is 6.41. The van der Waals surface area contributed by atoms with Gasteiger partial charge < -0.3 is 5.11 Å². The Labute approximate surface area is 157 Å². The van der Waals surface area contributed by atoms with E-state index in [1.54, 1.807) is 0 Å². The summed E-state index contributed by atoms with van der Waals surface area (Å²) in [7, 11) is 0.422. The Morgan fingerprint density at radius 2 is 1.68 bits per heavy atom. The maximum atomic E-state index is 10.3. The molecule has 3 rings (SSSR count). The molecule has 0 bridgehead atoms. The van der Waals surface area contributed by atoms with Crippen LogP contribution < -0.4 is 10.6 Å². The van der Waals surface area contributed by atoms with Gasteiger partial charge in [0.2, 0.25) is 0 Å². The molecule has 0 heterocycles. The first kappa shape index (κ1) is 18.0. The topological polar surface area (TPSA) is 20.2 Å². The molecule has 0 aliphatic rings. The fourth-order valence-electron chi connectivity index (χ4n) is 2.91. The highest BCUT2D eigenvalue weighted by molar-refractivity contribution is 7.80. The lowest BCUT2D eigenvalue weighted by molar-refractivity contribution is 0.479. The number of hydrogen-bond donors (Lipinski definition) is 2. The summed E-state index contributed by atoms with van der Waals surface area (Å²) < 4.78 is 0. The summed E-state index contributed by atoms with van der Waals surface area (Å²) in [6.45, 7) is 4.20. The Hall–Kier alpha value is -1.76. The van der Waals surface area contributed by atoms with Gasteiger partial charge in [-0.1, -0.05) is 68.7 Å². The third-order valence-corrected chi connectivity index (χ3v) is 5.91. The molecular formula is C22H23OPS. The van der Waals surface area contributed by atoms with Gasteiger partial charge in [-0.2, -0.15) is 12.6 Å². The molecule has 1 N–H and O–H groups in total. The Bertz CT molecular complexity index is 859. The summed E-state index contributed by atoms with van der Waals surface area (Å²) in [6, 6.07) is 22.9. The van der Waals surface area contributed by atoms with Gasteiger partial charge in [0.1, 0.15) is 5.75 Å². The molecular weight excluding hydrogens is 343 g/mol. The lowest BCUT2D eigenvalue weighted by atomic mass is 10.1. The Balaban J connectivity index is 1.89. The molecule has 3 heteroatoms. The van der Waals surface area contributed by atoms with E-state index < -0.39 is 0 Å². The Kier molecular flexibility index (Phi) is 5.83. The maximum Gasteiger partial charge on any atom is 0.123 e.